The largest absolute Gasteiger partial charge is 0.323 e. The maximum Gasteiger partial charge on any atom is 0.266 e. The molecule has 1 unspecified atom stereocenters. The fourth-order valence-electron chi connectivity index (χ4n) is 3.52. The Morgan fingerprint density at radius 1 is 1.20 bits per heavy atom. The van der Waals surface area contributed by atoms with Crippen LogP contribution in [0.5, 0.6) is 0 Å². The average Bonchev–Trinajstić information content (AvgIpc) is 3.26. The molecule has 1 spiro atoms. The number of rotatable bonds is 1. The van der Waals surface area contributed by atoms with Crippen LogP contribution in [0.3, 0.4) is 0 Å². The van der Waals surface area contributed by atoms with E-state index in [1.54, 1.807) is 10.4 Å². The van der Waals surface area contributed by atoms with Gasteiger partial charge in [0.05, 0.1) is 21.5 Å². The van der Waals surface area contributed by atoms with Crippen LogP contribution < -0.4 is 10.2 Å². The van der Waals surface area contributed by atoms with Gasteiger partial charge in [0.15, 0.2) is 0 Å². The second-order valence-electron chi connectivity index (χ2n) is 6.17. The van der Waals surface area contributed by atoms with Crippen molar-refractivity contribution in [2.75, 3.05) is 16.0 Å². The molecule has 5 rings (SSSR count). The van der Waals surface area contributed by atoms with Crippen LogP contribution in [0.2, 0.25) is 0 Å². The van der Waals surface area contributed by atoms with Crippen molar-refractivity contribution in [3.05, 3.63) is 53.0 Å². The number of thiazole rings is 1. The Morgan fingerprint density at radius 3 is 2.96 bits per heavy atom. The summed E-state index contributed by atoms with van der Waals surface area (Å²) in [5, 5.41) is 2.95. The van der Waals surface area contributed by atoms with E-state index >= 15 is 0 Å². The van der Waals surface area contributed by atoms with Crippen LogP contribution in [0.25, 0.3) is 10.2 Å². The van der Waals surface area contributed by atoms with Gasteiger partial charge in [0.25, 0.3) is 5.91 Å². The number of amides is 2. The van der Waals surface area contributed by atoms with Crippen LogP contribution in [0.15, 0.2) is 41.9 Å². The summed E-state index contributed by atoms with van der Waals surface area (Å²) in [6, 6.07) is 11.6. The van der Waals surface area contributed by atoms with Crippen molar-refractivity contribution < 1.29 is 9.59 Å². The van der Waals surface area contributed by atoms with E-state index in [9.17, 15) is 9.59 Å². The Bertz CT molecular complexity index is 1060. The van der Waals surface area contributed by atoms with Gasteiger partial charge in [-0.15, -0.1) is 23.1 Å². The molecular weight excluding hydrogens is 354 g/mol. The fourth-order valence-corrected chi connectivity index (χ4v) is 5.54. The van der Waals surface area contributed by atoms with Gasteiger partial charge in [0, 0.05) is 16.9 Å². The number of aryl methyl sites for hydroxylation is 1. The van der Waals surface area contributed by atoms with Crippen LogP contribution in [0, 0.1) is 6.92 Å². The summed E-state index contributed by atoms with van der Waals surface area (Å²) in [5.41, 5.74) is 6.11. The number of aromatic nitrogens is 1. The summed E-state index contributed by atoms with van der Waals surface area (Å²) in [6.45, 7) is 1.99. The molecule has 1 saturated heterocycles. The Balaban J connectivity index is 1.74. The number of thioether (sulfide) groups is 1. The SMILES string of the molecule is Cc1ccc2c(c1)C1(SCC(=O)N1c1ccc3ncsc3c1)C(=O)N2. The van der Waals surface area contributed by atoms with Crippen LogP contribution >= 0.6 is 23.1 Å². The zero-order valence-electron chi connectivity index (χ0n) is 13.3. The Hall–Kier alpha value is -2.38. The van der Waals surface area contributed by atoms with Gasteiger partial charge in [0.2, 0.25) is 10.8 Å². The molecule has 1 fully saturated rings. The van der Waals surface area contributed by atoms with E-state index in [1.807, 2.05) is 43.3 Å². The van der Waals surface area contributed by atoms with Crippen molar-refractivity contribution in [3.63, 3.8) is 0 Å². The molecule has 0 saturated carbocycles. The summed E-state index contributed by atoms with van der Waals surface area (Å²) in [7, 11) is 0. The molecule has 3 aromatic rings. The number of hydrogen-bond donors (Lipinski definition) is 1. The molecule has 2 aromatic carbocycles. The minimum atomic E-state index is -1.03. The predicted molar refractivity (Wildman–Crippen MR) is 101 cm³/mol. The third kappa shape index (κ3) is 1.93. The van der Waals surface area contributed by atoms with E-state index in [0.29, 0.717) is 0 Å². The highest BCUT2D eigenvalue weighted by Gasteiger charge is 2.58. The van der Waals surface area contributed by atoms with Crippen LogP contribution in [-0.4, -0.2) is 22.6 Å². The second kappa shape index (κ2) is 5.06. The first-order valence-electron chi connectivity index (χ1n) is 7.82. The lowest BCUT2D eigenvalue weighted by Crippen LogP contribution is -2.47. The first-order chi connectivity index (χ1) is 12.1. The number of carbonyl (C=O) groups is 2. The molecule has 7 heteroatoms. The Morgan fingerprint density at radius 2 is 2.08 bits per heavy atom. The highest BCUT2D eigenvalue weighted by atomic mass is 32.2. The Kier molecular flexibility index (Phi) is 3.02. The molecule has 25 heavy (non-hydrogen) atoms. The predicted octanol–water partition coefficient (Wildman–Crippen LogP) is 3.49. The van der Waals surface area contributed by atoms with Crippen LogP contribution in [0.1, 0.15) is 11.1 Å². The van der Waals surface area contributed by atoms with Gasteiger partial charge in [-0.05, 0) is 31.2 Å². The standard InChI is InChI=1S/C18H13N3O2S2/c1-10-2-4-13-12(6-10)18(17(23)20-13)21(16(22)8-25-18)11-3-5-14-15(7-11)24-9-19-14/h2-7,9H,8H2,1H3,(H,20,23). The number of benzene rings is 2. The molecule has 3 heterocycles. The molecule has 5 nitrogen and oxygen atoms in total. The van der Waals surface area contributed by atoms with E-state index in [2.05, 4.69) is 10.3 Å². The van der Waals surface area contributed by atoms with E-state index in [0.717, 1.165) is 32.7 Å². The van der Waals surface area contributed by atoms with Gasteiger partial charge in [-0.3, -0.25) is 14.5 Å². The lowest BCUT2D eigenvalue weighted by molar-refractivity contribution is -0.122. The van der Waals surface area contributed by atoms with E-state index in [1.165, 1.54) is 23.1 Å². The molecule has 1 aromatic heterocycles. The number of hydrogen-bond acceptors (Lipinski definition) is 5. The third-order valence-corrected chi connectivity index (χ3v) is 6.83. The van der Waals surface area contributed by atoms with Crippen molar-refractivity contribution in [2.45, 2.75) is 11.8 Å². The number of fused-ring (bicyclic) bond motifs is 3. The minimum Gasteiger partial charge on any atom is -0.323 e. The molecule has 2 aliphatic rings. The highest BCUT2D eigenvalue weighted by Crippen LogP contribution is 2.54. The third-order valence-electron chi connectivity index (χ3n) is 4.64. The number of nitrogens with one attached hydrogen (secondary N) is 1. The monoisotopic (exact) mass is 367 g/mol. The van der Waals surface area contributed by atoms with Crippen molar-refractivity contribution >= 4 is 56.5 Å². The Labute approximate surface area is 152 Å². The fraction of sp³-hybridized carbons (Fsp3) is 0.167. The molecule has 1 N–H and O–H groups in total. The molecule has 2 aliphatic heterocycles. The maximum absolute atomic E-state index is 13.0. The zero-order chi connectivity index (χ0) is 17.2. The second-order valence-corrected chi connectivity index (χ2v) is 8.22. The first kappa shape index (κ1) is 14.9. The first-order valence-corrected chi connectivity index (χ1v) is 9.69. The van der Waals surface area contributed by atoms with Crippen molar-refractivity contribution in [1.29, 1.82) is 0 Å². The van der Waals surface area contributed by atoms with Crippen molar-refractivity contribution in [1.82, 2.24) is 4.98 Å². The molecule has 1 atom stereocenters. The topological polar surface area (TPSA) is 62.3 Å². The molecule has 124 valence electrons. The van der Waals surface area contributed by atoms with Gasteiger partial charge in [0.1, 0.15) is 0 Å². The molecule has 0 radical (unpaired) electrons. The molecule has 2 amide bonds. The van der Waals surface area contributed by atoms with Gasteiger partial charge >= 0.3 is 0 Å². The summed E-state index contributed by atoms with van der Waals surface area (Å²) in [6.07, 6.45) is 0. The van der Waals surface area contributed by atoms with E-state index in [4.69, 9.17) is 0 Å². The smallest absolute Gasteiger partial charge is 0.266 e. The highest BCUT2D eigenvalue weighted by molar-refractivity contribution is 8.02. The molecule has 0 bridgehead atoms. The van der Waals surface area contributed by atoms with E-state index in [-0.39, 0.29) is 17.6 Å². The lowest BCUT2D eigenvalue weighted by Gasteiger charge is -2.32. The molecule has 0 aliphatic carbocycles. The zero-order valence-corrected chi connectivity index (χ0v) is 14.9. The molecular formula is C18H13N3O2S2. The normalized spacial score (nSPS) is 22.0. The van der Waals surface area contributed by atoms with Gasteiger partial charge in [-0.1, -0.05) is 17.7 Å². The lowest BCUT2D eigenvalue weighted by atomic mass is 10.0. The van der Waals surface area contributed by atoms with Crippen LogP contribution in [0.4, 0.5) is 11.4 Å². The van der Waals surface area contributed by atoms with Crippen LogP contribution in [-0.2, 0) is 14.5 Å². The summed E-state index contributed by atoms with van der Waals surface area (Å²) < 4.78 is 1.00. The quantitative estimate of drug-likeness (QED) is 0.715. The summed E-state index contributed by atoms with van der Waals surface area (Å²) in [5.74, 6) is 0.0633. The van der Waals surface area contributed by atoms with Gasteiger partial charge in [-0.25, -0.2) is 4.98 Å². The number of nitrogens with zero attached hydrogens (tertiary/aromatic N) is 2. The van der Waals surface area contributed by atoms with Gasteiger partial charge < -0.3 is 5.32 Å². The van der Waals surface area contributed by atoms with Gasteiger partial charge in [-0.2, -0.15) is 0 Å². The van der Waals surface area contributed by atoms with E-state index < -0.39 is 4.87 Å². The average molecular weight is 367 g/mol. The summed E-state index contributed by atoms with van der Waals surface area (Å²) in [4.78, 5) is 30.6. The van der Waals surface area contributed by atoms with Crippen molar-refractivity contribution in [2.24, 2.45) is 0 Å². The number of carbonyl (C=O) groups excluding carboxylic acids is 2. The summed E-state index contributed by atoms with van der Waals surface area (Å²) >= 11 is 2.91. The van der Waals surface area contributed by atoms with Crippen molar-refractivity contribution in [3.8, 4) is 0 Å². The number of anilines is 2. The minimum absolute atomic E-state index is 0.0571. The maximum atomic E-state index is 13.0.